The summed E-state index contributed by atoms with van der Waals surface area (Å²) in [4.78, 5) is 79.6. The molecule has 2 aliphatic rings. The normalized spacial score (nSPS) is 20.8. The van der Waals surface area contributed by atoms with Gasteiger partial charge in [0, 0.05) is 59.0 Å². The zero-order valence-corrected chi connectivity index (χ0v) is 37.7. The van der Waals surface area contributed by atoms with Gasteiger partial charge in [-0.3, -0.25) is 28.8 Å². The minimum absolute atomic E-state index is 0.000975. The molecule has 1 aromatic rings. The van der Waals surface area contributed by atoms with Crippen molar-refractivity contribution in [3.05, 3.63) is 35.9 Å². The number of nitrogens with one attached hydrogen (secondary N) is 1. The van der Waals surface area contributed by atoms with E-state index in [2.05, 4.69) is 19.2 Å². The Bertz CT molecular complexity index is 1470. The van der Waals surface area contributed by atoms with Gasteiger partial charge in [-0.15, -0.1) is 0 Å². The summed E-state index contributed by atoms with van der Waals surface area (Å²) in [5.74, 6) is -2.45. The van der Waals surface area contributed by atoms with Gasteiger partial charge in [0.25, 0.3) is 0 Å². The second kappa shape index (κ2) is 23.6. The molecular weight excluding hydrogens is 737 g/mol. The van der Waals surface area contributed by atoms with E-state index in [1.807, 2.05) is 76.8 Å². The van der Waals surface area contributed by atoms with E-state index in [0.29, 0.717) is 26.1 Å². The summed E-state index contributed by atoms with van der Waals surface area (Å²) in [7, 11) is 6.71. The number of ketones is 2. The molecule has 10 atom stereocenters. The largest absolute Gasteiger partial charge is 0.379 e. The van der Waals surface area contributed by atoms with Crippen LogP contribution < -0.4 is 5.32 Å². The van der Waals surface area contributed by atoms with Crippen LogP contribution in [0, 0.1) is 35.5 Å². The predicted octanol–water partition coefficient (Wildman–Crippen LogP) is 6.32. The van der Waals surface area contributed by atoms with Gasteiger partial charge in [-0.2, -0.15) is 0 Å². The van der Waals surface area contributed by atoms with Crippen molar-refractivity contribution >= 4 is 29.3 Å². The zero-order valence-electron chi connectivity index (χ0n) is 37.7. The van der Waals surface area contributed by atoms with Gasteiger partial charge in [-0.25, -0.2) is 5.06 Å². The first-order valence-electron chi connectivity index (χ1n) is 21.9. The molecule has 328 valence electrons. The van der Waals surface area contributed by atoms with Crippen LogP contribution in [-0.4, -0.2) is 122 Å². The maximum atomic E-state index is 14.4. The second-order valence-electron chi connectivity index (χ2n) is 17.6. The van der Waals surface area contributed by atoms with Crippen molar-refractivity contribution in [1.82, 2.24) is 20.2 Å². The molecule has 3 rings (SSSR count). The zero-order chi connectivity index (χ0) is 43.3. The van der Waals surface area contributed by atoms with Crippen LogP contribution in [-0.2, 0) is 38.3 Å². The average molecular weight is 813 g/mol. The van der Waals surface area contributed by atoms with Crippen molar-refractivity contribution in [2.45, 2.75) is 143 Å². The number of Topliss-reactive ketones (excluding diaryl/α,β-unsaturated/α-hetero) is 2. The van der Waals surface area contributed by atoms with Crippen LogP contribution in [0.25, 0.3) is 0 Å². The fourth-order valence-corrected chi connectivity index (χ4v) is 9.24. The third kappa shape index (κ3) is 12.4. The van der Waals surface area contributed by atoms with E-state index in [1.165, 1.54) is 5.06 Å². The number of ether oxygens (including phenoxy) is 2. The molecule has 2 aliphatic heterocycles. The molecule has 2 saturated heterocycles. The molecule has 1 N–H and O–H groups in total. The molecule has 2 fully saturated rings. The highest BCUT2D eigenvalue weighted by molar-refractivity contribution is 5.90. The molecule has 0 spiro atoms. The number of hydroxylamine groups is 2. The minimum Gasteiger partial charge on any atom is -0.379 e. The first-order chi connectivity index (χ1) is 27.5. The summed E-state index contributed by atoms with van der Waals surface area (Å²) in [5.41, 5.74) is 0.978. The first-order valence-corrected chi connectivity index (χ1v) is 21.9. The van der Waals surface area contributed by atoms with Gasteiger partial charge in [-0.05, 0) is 62.0 Å². The standard InChI is InChI=1S/C46H76N4O8/c1-13-31(6)43(48(10)45(54)35(29(2)3)26-39(52)42(47-9)30(4)5)40(56-11)28-41(53)49-23-19-22-37(49)44(57-12)33(8)38(51)27-36(32(7)34-20-15-14-16-21-34)46(55)50-24-17-18-25-58-50/h14-16,20-21,29-33,35-37,40,42-44,47H,13,17-19,22-28H2,1-12H3/t31-,32-,33-,35-,36?,37-,40+,42-,43-,44+/m0/s1. The van der Waals surface area contributed by atoms with Gasteiger partial charge in [-0.1, -0.05) is 92.1 Å². The Kier molecular flexibility index (Phi) is 20.0. The molecule has 12 heteroatoms. The van der Waals surface area contributed by atoms with E-state index in [9.17, 15) is 24.0 Å². The number of carbonyl (C=O) groups excluding carboxylic acids is 5. The topological polar surface area (TPSA) is 135 Å². The molecule has 1 unspecified atom stereocenters. The average Bonchev–Trinajstić information content (AvgIpc) is 3.71. The number of amides is 3. The van der Waals surface area contributed by atoms with Crippen molar-refractivity contribution in [3.8, 4) is 0 Å². The fraction of sp³-hybridized carbons (Fsp3) is 0.761. The highest BCUT2D eigenvalue weighted by Gasteiger charge is 2.44. The van der Waals surface area contributed by atoms with Crippen LogP contribution >= 0.6 is 0 Å². The Morgan fingerprint density at radius 3 is 2.03 bits per heavy atom. The van der Waals surface area contributed by atoms with E-state index in [4.69, 9.17) is 14.3 Å². The highest BCUT2D eigenvalue weighted by atomic mass is 16.7. The predicted molar refractivity (Wildman–Crippen MR) is 227 cm³/mol. The number of carbonyl (C=O) groups is 5. The van der Waals surface area contributed by atoms with E-state index in [1.54, 1.807) is 33.2 Å². The van der Waals surface area contributed by atoms with Gasteiger partial charge in [0.15, 0.2) is 5.78 Å². The van der Waals surface area contributed by atoms with Crippen molar-refractivity contribution < 1.29 is 38.3 Å². The Labute approximate surface area is 349 Å². The molecular formula is C46H76N4O8. The minimum atomic E-state index is -0.623. The van der Waals surface area contributed by atoms with E-state index >= 15 is 0 Å². The fourth-order valence-electron chi connectivity index (χ4n) is 9.24. The molecule has 0 aromatic heterocycles. The third-order valence-electron chi connectivity index (χ3n) is 13.1. The Hall–Kier alpha value is -3.19. The number of hydrogen-bond acceptors (Lipinski definition) is 9. The Morgan fingerprint density at radius 2 is 1.50 bits per heavy atom. The Balaban J connectivity index is 1.82. The lowest BCUT2D eigenvalue weighted by atomic mass is 9.80. The van der Waals surface area contributed by atoms with Crippen LogP contribution in [0.2, 0.25) is 0 Å². The smallest absolute Gasteiger partial charge is 0.250 e. The van der Waals surface area contributed by atoms with Crippen molar-refractivity contribution in [2.75, 3.05) is 48.0 Å². The maximum absolute atomic E-state index is 14.4. The van der Waals surface area contributed by atoms with Crippen LogP contribution in [0.5, 0.6) is 0 Å². The van der Waals surface area contributed by atoms with Crippen LogP contribution in [0.4, 0.5) is 0 Å². The number of likely N-dealkylation sites (N-methyl/N-ethyl adjacent to an activating group) is 2. The lowest BCUT2D eigenvalue weighted by Crippen LogP contribution is -2.54. The van der Waals surface area contributed by atoms with Crippen molar-refractivity contribution in [1.29, 1.82) is 0 Å². The lowest BCUT2D eigenvalue weighted by molar-refractivity contribution is -0.202. The van der Waals surface area contributed by atoms with Gasteiger partial charge < -0.3 is 24.6 Å². The summed E-state index contributed by atoms with van der Waals surface area (Å²) in [6.45, 7) is 17.4. The molecule has 12 nitrogen and oxygen atoms in total. The molecule has 0 saturated carbocycles. The summed E-state index contributed by atoms with van der Waals surface area (Å²) in [6.07, 6.45) is 2.93. The summed E-state index contributed by atoms with van der Waals surface area (Å²) >= 11 is 0. The number of likely N-dealkylation sites (tertiary alicyclic amines) is 1. The van der Waals surface area contributed by atoms with E-state index < -0.39 is 36.0 Å². The molecule has 0 bridgehead atoms. The quantitative estimate of drug-likeness (QED) is 0.135. The van der Waals surface area contributed by atoms with Crippen LogP contribution in [0.3, 0.4) is 0 Å². The summed E-state index contributed by atoms with van der Waals surface area (Å²) < 4.78 is 12.2. The molecule has 2 heterocycles. The SMILES string of the molecule is CC[C@H](C)[C@@H]([C@@H](CC(=O)N1CCC[C@H]1[C@H](OC)[C@@H](C)C(=O)CC(C(=O)N1CCCCO1)[C@@H](C)c1ccccc1)OC)N(C)C(=O)[C@@H](CC(=O)[C@@H](NC)C(C)C)C(C)C. The van der Waals surface area contributed by atoms with Gasteiger partial charge >= 0.3 is 0 Å². The van der Waals surface area contributed by atoms with Gasteiger partial charge in [0.1, 0.15) is 5.78 Å². The summed E-state index contributed by atoms with van der Waals surface area (Å²) in [6, 6.07) is 8.68. The molecule has 0 radical (unpaired) electrons. The number of methoxy groups -OCH3 is 2. The van der Waals surface area contributed by atoms with Gasteiger partial charge in [0.05, 0.1) is 49.3 Å². The lowest BCUT2D eigenvalue weighted by Gasteiger charge is -2.41. The molecule has 58 heavy (non-hydrogen) atoms. The van der Waals surface area contributed by atoms with E-state index in [0.717, 1.165) is 31.2 Å². The van der Waals surface area contributed by atoms with Gasteiger partial charge in [0.2, 0.25) is 17.7 Å². The van der Waals surface area contributed by atoms with E-state index in [-0.39, 0.29) is 84.3 Å². The maximum Gasteiger partial charge on any atom is 0.250 e. The third-order valence-corrected chi connectivity index (χ3v) is 13.1. The molecule has 3 amide bonds. The Morgan fingerprint density at radius 1 is 0.845 bits per heavy atom. The number of hydrogen-bond donors (Lipinski definition) is 1. The highest BCUT2D eigenvalue weighted by Crippen LogP contribution is 2.34. The van der Waals surface area contributed by atoms with Crippen LogP contribution in [0.1, 0.15) is 118 Å². The van der Waals surface area contributed by atoms with Crippen molar-refractivity contribution in [3.63, 3.8) is 0 Å². The summed E-state index contributed by atoms with van der Waals surface area (Å²) in [5, 5.41) is 4.56. The monoisotopic (exact) mass is 813 g/mol. The second-order valence-corrected chi connectivity index (χ2v) is 17.6. The molecule has 1 aromatic carbocycles. The number of nitrogens with zero attached hydrogens (tertiary/aromatic N) is 3. The number of rotatable bonds is 23. The number of benzene rings is 1. The first kappa shape index (κ1) is 49.2. The van der Waals surface area contributed by atoms with Crippen molar-refractivity contribution in [2.24, 2.45) is 35.5 Å². The van der Waals surface area contributed by atoms with Crippen LogP contribution in [0.15, 0.2) is 30.3 Å². The molecule has 0 aliphatic carbocycles.